The van der Waals surface area contributed by atoms with Crippen LogP contribution in [0.4, 0.5) is 0 Å². The van der Waals surface area contributed by atoms with Crippen LogP contribution in [0.15, 0.2) is 48.5 Å². The van der Waals surface area contributed by atoms with Crippen molar-refractivity contribution in [2.45, 2.75) is 19.9 Å². The van der Waals surface area contributed by atoms with Gasteiger partial charge in [0.25, 0.3) is 11.8 Å². The second kappa shape index (κ2) is 5.22. The van der Waals surface area contributed by atoms with Crippen molar-refractivity contribution in [3.05, 3.63) is 70.8 Å². The number of nitrogens with zero attached hydrogens (tertiary/aromatic N) is 1. The topological polar surface area (TPSA) is 54.5 Å². The molecule has 0 fully saturated rings. The Kier molecular flexibility index (Phi) is 3.37. The quantitative estimate of drug-likeness (QED) is 0.646. The Bertz CT molecular complexity index is 778. The zero-order valence-corrected chi connectivity index (χ0v) is 12.4. The van der Waals surface area contributed by atoms with Gasteiger partial charge in [-0.25, -0.2) is 0 Å². The average molecular weight is 293 g/mol. The van der Waals surface area contributed by atoms with Crippen LogP contribution in [0.1, 0.15) is 50.5 Å². The average Bonchev–Trinajstić information content (AvgIpc) is 2.78. The summed E-state index contributed by atoms with van der Waals surface area (Å²) in [6, 6.07) is 13.3. The Morgan fingerprint density at radius 1 is 0.864 bits per heavy atom. The van der Waals surface area contributed by atoms with Crippen LogP contribution in [0.2, 0.25) is 0 Å². The lowest BCUT2D eigenvalue weighted by Crippen LogP contribution is -2.35. The van der Waals surface area contributed by atoms with Crippen molar-refractivity contribution >= 4 is 17.6 Å². The Morgan fingerprint density at radius 2 is 1.50 bits per heavy atom. The molecule has 0 aromatic heterocycles. The molecule has 0 aliphatic carbocycles. The first-order valence-electron chi connectivity index (χ1n) is 7.12. The van der Waals surface area contributed by atoms with Gasteiger partial charge in [0.15, 0.2) is 5.78 Å². The van der Waals surface area contributed by atoms with Gasteiger partial charge in [-0.15, -0.1) is 0 Å². The minimum atomic E-state index is -0.335. The minimum absolute atomic E-state index is 0.161. The van der Waals surface area contributed by atoms with E-state index in [1.807, 2.05) is 6.07 Å². The number of amides is 2. The molecule has 2 aromatic rings. The van der Waals surface area contributed by atoms with Crippen LogP contribution < -0.4 is 0 Å². The summed E-state index contributed by atoms with van der Waals surface area (Å²) in [5.41, 5.74) is 1.64. The fourth-order valence-corrected chi connectivity index (χ4v) is 2.63. The lowest BCUT2D eigenvalue weighted by Gasteiger charge is -2.17. The van der Waals surface area contributed by atoms with E-state index in [1.165, 1.54) is 11.0 Å². The molecule has 2 amide bonds. The van der Waals surface area contributed by atoms with E-state index in [0.717, 1.165) is 0 Å². The summed E-state index contributed by atoms with van der Waals surface area (Å²) in [6.07, 6.45) is 0. The summed E-state index contributed by atoms with van der Waals surface area (Å²) >= 11 is 0. The number of rotatable bonds is 3. The molecule has 0 atom stereocenters. The number of carbonyl (C=O) groups is 3. The molecule has 0 spiro atoms. The normalized spacial score (nSPS) is 13.7. The summed E-state index contributed by atoms with van der Waals surface area (Å²) in [5.74, 6) is -0.793. The molecule has 0 saturated heterocycles. The van der Waals surface area contributed by atoms with Crippen molar-refractivity contribution < 1.29 is 14.4 Å². The van der Waals surface area contributed by atoms with Crippen molar-refractivity contribution in [2.75, 3.05) is 0 Å². The summed E-state index contributed by atoms with van der Waals surface area (Å²) in [7, 11) is 0. The number of imide groups is 1. The first kappa shape index (κ1) is 14.2. The minimum Gasteiger partial charge on any atom is -0.289 e. The molecule has 110 valence electrons. The van der Waals surface area contributed by atoms with Gasteiger partial charge in [0, 0.05) is 17.2 Å². The SMILES string of the molecule is CC(C)N1C(=O)c2ccc(C(=O)c3ccccc3)cc2C1=O. The van der Waals surface area contributed by atoms with Crippen LogP contribution in [-0.4, -0.2) is 28.5 Å². The number of fused-ring (bicyclic) bond motifs is 1. The van der Waals surface area contributed by atoms with Crippen molar-refractivity contribution in [2.24, 2.45) is 0 Å². The van der Waals surface area contributed by atoms with E-state index in [1.54, 1.807) is 50.2 Å². The standard InChI is InChI=1S/C18H15NO3/c1-11(2)19-17(21)14-9-8-13(10-15(14)18(19)22)16(20)12-6-4-3-5-7-12/h3-11H,1-2H3. The van der Waals surface area contributed by atoms with E-state index in [9.17, 15) is 14.4 Å². The molecule has 3 rings (SSSR count). The fraction of sp³-hybridized carbons (Fsp3) is 0.167. The van der Waals surface area contributed by atoms with Gasteiger partial charge in [0.2, 0.25) is 0 Å². The van der Waals surface area contributed by atoms with E-state index in [2.05, 4.69) is 0 Å². The molecule has 1 aliphatic heterocycles. The van der Waals surface area contributed by atoms with E-state index in [-0.39, 0.29) is 23.6 Å². The number of hydrogen-bond donors (Lipinski definition) is 0. The highest BCUT2D eigenvalue weighted by molar-refractivity contribution is 6.22. The van der Waals surface area contributed by atoms with Crippen molar-refractivity contribution in [1.82, 2.24) is 4.90 Å². The lowest BCUT2D eigenvalue weighted by atomic mass is 9.99. The Labute approximate surface area is 128 Å². The third kappa shape index (κ3) is 2.13. The molecular weight excluding hydrogens is 278 g/mol. The third-order valence-corrected chi connectivity index (χ3v) is 3.73. The highest BCUT2D eigenvalue weighted by Gasteiger charge is 2.37. The van der Waals surface area contributed by atoms with Crippen LogP contribution in [0.3, 0.4) is 0 Å². The molecular formula is C18H15NO3. The highest BCUT2D eigenvalue weighted by Crippen LogP contribution is 2.26. The largest absolute Gasteiger partial charge is 0.289 e. The number of hydrogen-bond acceptors (Lipinski definition) is 3. The fourth-order valence-electron chi connectivity index (χ4n) is 2.63. The maximum absolute atomic E-state index is 12.4. The van der Waals surface area contributed by atoms with Crippen LogP contribution >= 0.6 is 0 Å². The second-order valence-electron chi connectivity index (χ2n) is 5.53. The number of ketones is 1. The Morgan fingerprint density at radius 3 is 2.14 bits per heavy atom. The predicted molar refractivity (Wildman–Crippen MR) is 82.0 cm³/mol. The maximum atomic E-state index is 12.4. The Balaban J connectivity index is 2.02. The molecule has 0 unspecified atom stereocenters. The van der Waals surface area contributed by atoms with Gasteiger partial charge in [-0.2, -0.15) is 0 Å². The summed E-state index contributed by atoms with van der Waals surface area (Å²) in [5, 5.41) is 0. The first-order valence-corrected chi connectivity index (χ1v) is 7.12. The molecule has 0 saturated carbocycles. The van der Waals surface area contributed by atoms with Crippen molar-refractivity contribution in [3.8, 4) is 0 Å². The molecule has 0 radical (unpaired) electrons. The third-order valence-electron chi connectivity index (χ3n) is 3.73. The highest BCUT2D eigenvalue weighted by atomic mass is 16.2. The van der Waals surface area contributed by atoms with Gasteiger partial charge < -0.3 is 0 Å². The molecule has 0 bridgehead atoms. The van der Waals surface area contributed by atoms with E-state index >= 15 is 0 Å². The summed E-state index contributed by atoms with van der Waals surface area (Å²) in [6.45, 7) is 3.58. The summed E-state index contributed by atoms with van der Waals surface area (Å²) < 4.78 is 0. The van der Waals surface area contributed by atoms with Gasteiger partial charge in [0.1, 0.15) is 0 Å². The zero-order valence-electron chi connectivity index (χ0n) is 12.4. The molecule has 22 heavy (non-hydrogen) atoms. The molecule has 4 nitrogen and oxygen atoms in total. The Hall–Kier alpha value is -2.75. The molecule has 1 aliphatic rings. The molecule has 1 heterocycles. The van der Waals surface area contributed by atoms with E-state index < -0.39 is 0 Å². The van der Waals surface area contributed by atoms with Crippen LogP contribution in [0, 0.1) is 0 Å². The maximum Gasteiger partial charge on any atom is 0.261 e. The van der Waals surface area contributed by atoms with E-state index in [4.69, 9.17) is 0 Å². The van der Waals surface area contributed by atoms with Crippen molar-refractivity contribution in [1.29, 1.82) is 0 Å². The van der Waals surface area contributed by atoms with Crippen LogP contribution in [-0.2, 0) is 0 Å². The van der Waals surface area contributed by atoms with Crippen LogP contribution in [0.25, 0.3) is 0 Å². The van der Waals surface area contributed by atoms with Gasteiger partial charge in [-0.05, 0) is 26.0 Å². The lowest BCUT2D eigenvalue weighted by molar-refractivity contribution is 0.0609. The predicted octanol–water partition coefficient (Wildman–Crippen LogP) is 2.92. The van der Waals surface area contributed by atoms with Gasteiger partial charge in [-0.3, -0.25) is 19.3 Å². The smallest absolute Gasteiger partial charge is 0.261 e. The second-order valence-corrected chi connectivity index (χ2v) is 5.53. The van der Waals surface area contributed by atoms with Gasteiger partial charge >= 0.3 is 0 Å². The molecule has 4 heteroatoms. The summed E-state index contributed by atoms with van der Waals surface area (Å²) in [4.78, 5) is 38.2. The monoisotopic (exact) mass is 293 g/mol. The van der Waals surface area contributed by atoms with E-state index in [0.29, 0.717) is 22.3 Å². The zero-order chi connectivity index (χ0) is 15.9. The number of carbonyl (C=O) groups excluding carboxylic acids is 3. The van der Waals surface area contributed by atoms with Gasteiger partial charge in [0.05, 0.1) is 11.1 Å². The first-order chi connectivity index (χ1) is 10.5. The van der Waals surface area contributed by atoms with Crippen molar-refractivity contribution in [3.63, 3.8) is 0 Å². The van der Waals surface area contributed by atoms with Gasteiger partial charge in [-0.1, -0.05) is 36.4 Å². The molecule has 2 aromatic carbocycles. The van der Waals surface area contributed by atoms with Crippen LogP contribution in [0.5, 0.6) is 0 Å². The molecule has 0 N–H and O–H groups in total. The number of benzene rings is 2.